The molecule has 8 heteroatoms. The van der Waals surface area contributed by atoms with Crippen molar-refractivity contribution in [2.45, 2.75) is 59.3 Å². The molecule has 3 atom stereocenters. The molecular weight excluding hydrogens is 376 g/mol. The van der Waals surface area contributed by atoms with Gasteiger partial charge in [-0.2, -0.15) is 5.06 Å². The predicted octanol–water partition coefficient (Wildman–Crippen LogP) is 2.61. The second-order valence-electron chi connectivity index (χ2n) is 8.01. The van der Waals surface area contributed by atoms with Crippen molar-refractivity contribution in [1.29, 1.82) is 0 Å². The number of imide groups is 1. The number of nitrogens with zero attached hydrogens (tertiary/aromatic N) is 1. The zero-order valence-electron chi connectivity index (χ0n) is 17.4. The van der Waals surface area contributed by atoms with Crippen LogP contribution in [0.2, 0.25) is 0 Å². The van der Waals surface area contributed by atoms with Crippen molar-refractivity contribution in [2.75, 3.05) is 0 Å². The van der Waals surface area contributed by atoms with Crippen LogP contribution in [0.3, 0.4) is 0 Å². The fourth-order valence-electron chi connectivity index (χ4n) is 3.03. The van der Waals surface area contributed by atoms with E-state index >= 15 is 0 Å². The Bertz CT molecular complexity index is 771. The van der Waals surface area contributed by atoms with E-state index in [2.05, 4.69) is 5.32 Å². The first-order valence-corrected chi connectivity index (χ1v) is 9.63. The Kier molecular flexibility index (Phi) is 7.13. The minimum Gasteiger partial charge on any atom is -0.444 e. The summed E-state index contributed by atoms with van der Waals surface area (Å²) in [6, 6.07) is 8.13. The molecule has 8 nitrogen and oxygen atoms in total. The molecule has 158 valence electrons. The fourth-order valence-corrected chi connectivity index (χ4v) is 3.03. The summed E-state index contributed by atoms with van der Waals surface area (Å²) in [5.41, 5.74) is 0.0634. The van der Waals surface area contributed by atoms with Crippen LogP contribution in [0.5, 0.6) is 0 Å². The number of hydrogen-bond acceptors (Lipinski definition) is 6. The van der Waals surface area contributed by atoms with Crippen molar-refractivity contribution in [3.8, 4) is 0 Å². The molecule has 1 aliphatic heterocycles. The Balaban J connectivity index is 2.07. The predicted molar refractivity (Wildman–Crippen MR) is 104 cm³/mol. The lowest BCUT2D eigenvalue weighted by Crippen LogP contribution is -2.47. The highest BCUT2D eigenvalue weighted by Gasteiger charge is 2.51. The topological polar surface area (TPSA) is 102 Å². The minimum absolute atomic E-state index is 0.0271. The van der Waals surface area contributed by atoms with E-state index < -0.39 is 47.2 Å². The molecule has 1 aromatic carbocycles. The minimum atomic E-state index is -1.21. The van der Waals surface area contributed by atoms with Crippen LogP contribution in [0, 0.1) is 11.8 Å². The third-order valence-corrected chi connectivity index (χ3v) is 4.51. The summed E-state index contributed by atoms with van der Waals surface area (Å²) >= 11 is 0. The summed E-state index contributed by atoms with van der Waals surface area (Å²) in [7, 11) is 0. The molecule has 2 rings (SSSR count). The molecule has 0 unspecified atom stereocenters. The van der Waals surface area contributed by atoms with E-state index in [1.54, 1.807) is 39.8 Å². The lowest BCUT2D eigenvalue weighted by Gasteiger charge is -2.24. The molecule has 1 N–H and O–H groups in total. The lowest BCUT2D eigenvalue weighted by molar-refractivity contribution is -0.193. The number of carbonyl (C=O) groups excluding carboxylic acids is 4. The smallest absolute Gasteiger partial charge is 0.408 e. The van der Waals surface area contributed by atoms with Crippen molar-refractivity contribution < 1.29 is 28.8 Å². The molecule has 0 saturated carbocycles. The molecule has 1 fully saturated rings. The Labute approximate surface area is 170 Å². The second-order valence-corrected chi connectivity index (χ2v) is 8.01. The van der Waals surface area contributed by atoms with Gasteiger partial charge in [-0.15, -0.1) is 0 Å². The molecule has 1 aliphatic rings. The van der Waals surface area contributed by atoms with E-state index in [1.165, 1.54) is 6.92 Å². The summed E-state index contributed by atoms with van der Waals surface area (Å²) in [4.78, 5) is 55.6. The number of ketones is 1. The van der Waals surface area contributed by atoms with Crippen LogP contribution in [-0.4, -0.2) is 40.4 Å². The number of carbonyl (C=O) groups is 4. The number of ether oxygens (including phenoxy) is 1. The van der Waals surface area contributed by atoms with Gasteiger partial charge in [0, 0.05) is 0 Å². The van der Waals surface area contributed by atoms with Crippen molar-refractivity contribution in [3.63, 3.8) is 0 Å². The fraction of sp³-hybridized carbons (Fsp3) is 0.524. The van der Waals surface area contributed by atoms with Gasteiger partial charge in [0.05, 0.1) is 12.0 Å². The van der Waals surface area contributed by atoms with E-state index in [1.807, 2.05) is 18.2 Å². The van der Waals surface area contributed by atoms with E-state index in [4.69, 9.17) is 9.57 Å². The van der Waals surface area contributed by atoms with Crippen molar-refractivity contribution in [1.82, 2.24) is 10.4 Å². The molecule has 0 spiro atoms. The molecule has 29 heavy (non-hydrogen) atoms. The normalized spacial score (nSPS) is 20.5. The van der Waals surface area contributed by atoms with E-state index in [0.717, 1.165) is 5.56 Å². The van der Waals surface area contributed by atoms with Crippen molar-refractivity contribution in [2.24, 2.45) is 11.8 Å². The quantitative estimate of drug-likeness (QED) is 0.554. The second kappa shape index (κ2) is 9.17. The number of rotatable bonds is 7. The van der Waals surface area contributed by atoms with Crippen LogP contribution in [-0.2, 0) is 30.6 Å². The average molecular weight is 404 g/mol. The molecule has 1 heterocycles. The number of benzene rings is 1. The van der Waals surface area contributed by atoms with Crippen LogP contribution >= 0.6 is 0 Å². The summed E-state index contributed by atoms with van der Waals surface area (Å²) in [6.07, 6.45) is -0.493. The van der Waals surface area contributed by atoms with Gasteiger partial charge in [0.25, 0.3) is 11.8 Å². The van der Waals surface area contributed by atoms with Crippen LogP contribution in [0.1, 0.15) is 46.6 Å². The number of amides is 3. The Morgan fingerprint density at radius 1 is 1.14 bits per heavy atom. The standard InChI is InChI=1S/C21H28N2O6/c1-6-15(22-20(27)29-21(3,4)5)17(24)16-13(2)18(25)23(19(16)26)28-12-14-10-8-7-9-11-14/h7-11,13,15-16H,6,12H2,1-5H3,(H,22,27)/t13-,15-,16+/m0/s1. The highest BCUT2D eigenvalue weighted by Crippen LogP contribution is 2.29. The zero-order valence-corrected chi connectivity index (χ0v) is 17.4. The maximum atomic E-state index is 12.9. The Morgan fingerprint density at radius 2 is 1.76 bits per heavy atom. The molecule has 3 amide bonds. The van der Waals surface area contributed by atoms with E-state index in [0.29, 0.717) is 5.06 Å². The third kappa shape index (κ3) is 5.63. The molecule has 0 radical (unpaired) electrons. The average Bonchev–Trinajstić information content (AvgIpc) is 2.86. The highest BCUT2D eigenvalue weighted by atomic mass is 16.7. The van der Waals surface area contributed by atoms with Gasteiger partial charge in [0.1, 0.15) is 18.1 Å². The van der Waals surface area contributed by atoms with Crippen LogP contribution in [0.15, 0.2) is 30.3 Å². The van der Waals surface area contributed by atoms with Gasteiger partial charge in [0.15, 0.2) is 5.78 Å². The van der Waals surface area contributed by atoms with Crippen molar-refractivity contribution >= 4 is 23.7 Å². The van der Waals surface area contributed by atoms with Gasteiger partial charge in [0.2, 0.25) is 0 Å². The molecule has 0 aliphatic carbocycles. The van der Waals surface area contributed by atoms with Gasteiger partial charge in [-0.25, -0.2) is 4.79 Å². The number of hydroxylamine groups is 2. The van der Waals surface area contributed by atoms with Crippen LogP contribution < -0.4 is 5.32 Å². The first-order chi connectivity index (χ1) is 13.5. The van der Waals surface area contributed by atoms with E-state index in [-0.39, 0.29) is 13.0 Å². The van der Waals surface area contributed by atoms with Crippen molar-refractivity contribution in [3.05, 3.63) is 35.9 Å². The molecule has 1 aromatic rings. The monoisotopic (exact) mass is 404 g/mol. The number of Topliss-reactive ketones (excluding diaryl/α,β-unsaturated/α-hetero) is 1. The summed E-state index contributed by atoms with van der Waals surface area (Å²) in [5, 5.41) is 3.16. The maximum absolute atomic E-state index is 12.9. The number of hydrogen-bond donors (Lipinski definition) is 1. The van der Waals surface area contributed by atoms with E-state index in [9.17, 15) is 19.2 Å². The summed E-state index contributed by atoms with van der Waals surface area (Å²) in [6.45, 7) is 8.36. The van der Waals surface area contributed by atoms with Gasteiger partial charge in [-0.05, 0) is 32.8 Å². The Hall–Kier alpha value is -2.74. The van der Waals surface area contributed by atoms with Gasteiger partial charge in [-0.3, -0.25) is 19.2 Å². The maximum Gasteiger partial charge on any atom is 0.408 e. The molecule has 1 saturated heterocycles. The van der Waals surface area contributed by atoms with Crippen LogP contribution in [0.25, 0.3) is 0 Å². The largest absolute Gasteiger partial charge is 0.444 e. The zero-order chi connectivity index (χ0) is 21.8. The molecular formula is C21H28N2O6. The van der Waals surface area contributed by atoms with Crippen LogP contribution in [0.4, 0.5) is 4.79 Å². The number of alkyl carbamates (subject to hydrolysis) is 1. The SMILES string of the molecule is CC[C@H](NC(=O)OC(C)(C)C)C(=O)[C@@H]1C(=O)N(OCc2ccccc2)C(=O)[C@H]1C. The van der Waals surface area contributed by atoms with Gasteiger partial charge >= 0.3 is 6.09 Å². The number of nitrogens with one attached hydrogen (secondary N) is 1. The summed E-state index contributed by atoms with van der Waals surface area (Å²) in [5.74, 6) is -3.90. The first kappa shape index (κ1) is 22.5. The molecule has 0 bridgehead atoms. The summed E-state index contributed by atoms with van der Waals surface area (Å²) < 4.78 is 5.18. The van der Waals surface area contributed by atoms with Gasteiger partial charge < -0.3 is 10.1 Å². The highest BCUT2D eigenvalue weighted by molar-refractivity contribution is 6.15. The lowest BCUT2D eigenvalue weighted by atomic mass is 9.88. The molecule has 0 aromatic heterocycles. The third-order valence-electron chi connectivity index (χ3n) is 4.51. The Morgan fingerprint density at radius 3 is 2.31 bits per heavy atom. The van der Waals surface area contributed by atoms with Gasteiger partial charge in [-0.1, -0.05) is 44.2 Å². The first-order valence-electron chi connectivity index (χ1n) is 9.63.